The molecule has 0 amide bonds. The fourth-order valence-electron chi connectivity index (χ4n) is 1.20. The van der Waals surface area contributed by atoms with Gasteiger partial charge >= 0.3 is 0 Å². The summed E-state index contributed by atoms with van der Waals surface area (Å²) >= 11 is 0. The Kier molecular flexibility index (Phi) is 5.63. The lowest BCUT2D eigenvalue weighted by molar-refractivity contribution is 0.376. The minimum atomic E-state index is -3.19. The summed E-state index contributed by atoms with van der Waals surface area (Å²) in [6.07, 6.45) is 0. The van der Waals surface area contributed by atoms with Crippen molar-refractivity contribution in [3.8, 4) is 0 Å². The summed E-state index contributed by atoms with van der Waals surface area (Å²) in [6.45, 7) is 8.78. The van der Waals surface area contributed by atoms with Crippen molar-refractivity contribution in [2.75, 3.05) is 19.6 Å². The molecule has 1 unspecified atom stereocenters. The average Bonchev–Trinajstić information content (AvgIpc) is 2.12. The van der Waals surface area contributed by atoms with E-state index < -0.39 is 15.3 Å². The van der Waals surface area contributed by atoms with E-state index in [-0.39, 0.29) is 6.54 Å². The van der Waals surface area contributed by atoms with Crippen molar-refractivity contribution in [2.24, 2.45) is 11.7 Å². The van der Waals surface area contributed by atoms with E-state index in [0.29, 0.717) is 19.0 Å². The molecule has 0 spiro atoms. The normalized spacial score (nSPS) is 15.1. The number of sulfonamides is 1. The molecule has 0 saturated heterocycles. The Hall–Kier alpha value is -0.130. The predicted octanol–water partition coefficient (Wildman–Crippen LogP) is 0.641. The van der Waals surface area contributed by atoms with Crippen LogP contribution in [-0.2, 0) is 10.0 Å². The van der Waals surface area contributed by atoms with E-state index in [1.54, 1.807) is 6.92 Å². The van der Waals surface area contributed by atoms with Gasteiger partial charge in [0, 0.05) is 19.6 Å². The third-order valence-electron chi connectivity index (χ3n) is 2.12. The van der Waals surface area contributed by atoms with Gasteiger partial charge in [-0.25, -0.2) is 12.7 Å². The molecule has 0 saturated carbocycles. The van der Waals surface area contributed by atoms with Gasteiger partial charge in [-0.3, -0.25) is 0 Å². The molecule has 0 fully saturated rings. The second-order valence-corrected chi connectivity index (χ2v) is 6.29. The highest BCUT2D eigenvalue weighted by Gasteiger charge is 2.26. The first-order chi connectivity index (χ1) is 6.36. The number of rotatable bonds is 6. The summed E-state index contributed by atoms with van der Waals surface area (Å²) in [7, 11) is -3.19. The maximum Gasteiger partial charge on any atom is 0.217 e. The molecule has 4 nitrogen and oxygen atoms in total. The molecule has 0 aliphatic carbocycles. The van der Waals surface area contributed by atoms with E-state index in [1.807, 2.05) is 20.8 Å². The Morgan fingerprint density at radius 2 is 1.79 bits per heavy atom. The minimum Gasteiger partial charge on any atom is -0.329 e. The van der Waals surface area contributed by atoms with Gasteiger partial charge in [0.1, 0.15) is 0 Å². The van der Waals surface area contributed by atoms with E-state index in [2.05, 4.69) is 0 Å². The van der Waals surface area contributed by atoms with Gasteiger partial charge in [-0.2, -0.15) is 0 Å². The van der Waals surface area contributed by atoms with Crippen LogP contribution >= 0.6 is 0 Å². The zero-order valence-electron chi connectivity index (χ0n) is 9.53. The summed E-state index contributed by atoms with van der Waals surface area (Å²) in [6, 6.07) is 0. The van der Waals surface area contributed by atoms with Crippen LogP contribution < -0.4 is 5.73 Å². The van der Waals surface area contributed by atoms with Gasteiger partial charge in [0.15, 0.2) is 0 Å². The van der Waals surface area contributed by atoms with E-state index >= 15 is 0 Å². The van der Waals surface area contributed by atoms with Crippen LogP contribution in [0, 0.1) is 5.92 Å². The monoisotopic (exact) mass is 222 g/mol. The van der Waals surface area contributed by atoms with Gasteiger partial charge in [0.25, 0.3) is 0 Å². The molecule has 5 heteroatoms. The highest BCUT2D eigenvalue weighted by Crippen LogP contribution is 2.10. The first kappa shape index (κ1) is 13.9. The van der Waals surface area contributed by atoms with Crippen molar-refractivity contribution in [2.45, 2.75) is 32.9 Å². The minimum absolute atomic E-state index is 0.178. The average molecular weight is 222 g/mol. The summed E-state index contributed by atoms with van der Waals surface area (Å²) in [5.74, 6) is 0.342. The van der Waals surface area contributed by atoms with Crippen molar-refractivity contribution in [3.05, 3.63) is 0 Å². The lowest BCUT2D eigenvalue weighted by atomic mass is 10.2. The molecule has 0 aromatic heterocycles. The van der Waals surface area contributed by atoms with Gasteiger partial charge < -0.3 is 5.73 Å². The molecule has 1 atom stereocenters. The van der Waals surface area contributed by atoms with Crippen LogP contribution in [0.1, 0.15) is 27.7 Å². The van der Waals surface area contributed by atoms with E-state index in [9.17, 15) is 8.42 Å². The van der Waals surface area contributed by atoms with E-state index in [4.69, 9.17) is 5.73 Å². The summed E-state index contributed by atoms with van der Waals surface area (Å²) in [5, 5.41) is -0.485. The fourth-order valence-corrected chi connectivity index (χ4v) is 2.81. The molecule has 2 N–H and O–H groups in total. The van der Waals surface area contributed by atoms with Gasteiger partial charge in [0.2, 0.25) is 10.0 Å². The molecule has 0 rings (SSSR count). The number of nitrogens with zero attached hydrogens (tertiary/aromatic N) is 1. The van der Waals surface area contributed by atoms with Crippen molar-refractivity contribution in [3.63, 3.8) is 0 Å². The molecule has 0 aliphatic heterocycles. The highest BCUT2D eigenvalue weighted by molar-refractivity contribution is 7.89. The molecule has 0 heterocycles. The molecule has 0 bridgehead atoms. The molecule has 86 valence electrons. The van der Waals surface area contributed by atoms with Crippen LogP contribution in [0.15, 0.2) is 0 Å². The second-order valence-electron chi connectivity index (χ2n) is 3.94. The number of nitrogens with two attached hydrogens (primary N) is 1. The Balaban J connectivity index is 4.66. The van der Waals surface area contributed by atoms with E-state index in [1.165, 1.54) is 4.31 Å². The van der Waals surface area contributed by atoms with Crippen LogP contribution in [0.5, 0.6) is 0 Å². The van der Waals surface area contributed by atoms with Gasteiger partial charge in [-0.1, -0.05) is 20.8 Å². The van der Waals surface area contributed by atoms with Crippen LogP contribution in [-0.4, -0.2) is 37.6 Å². The molecule has 0 radical (unpaired) electrons. The topological polar surface area (TPSA) is 63.4 Å². The van der Waals surface area contributed by atoms with Crippen LogP contribution in [0.25, 0.3) is 0 Å². The zero-order chi connectivity index (χ0) is 11.4. The quantitative estimate of drug-likeness (QED) is 0.717. The molecular weight excluding hydrogens is 200 g/mol. The zero-order valence-corrected chi connectivity index (χ0v) is 10.3. The second kappa shape index (κ2) is 5.68. The highest BCUT2D eigenvalue weighted by atomic mass is 32.2. The Morgan fingerprint density at radius 3 is 2.07 bits per heavy atom. The standard InChI is InChI=1S/C9H22N2O2S/c1-5-11(7-8(2)3)14(12,13)9(4)6-10/h8-9H,5-7,10H2,1-4H3. The summed E-state index contributed by atoms with van der Waals surface area (Å²) in [5.41, 5.74) is 5.38. The Labute approximate surface area is 87.5 Å². The Bertz CT molecular complexity index is 250. The van der Waals surface area contributed by atoms with Crippen LogP contribution in [0.4, 0.5) is 0 Å². The third kappa shape index (κ3) is 3.55. The predicted molar refractivity (Wildman–Crippen MR) is 59.5 cm³/mol. The summed E-state index contributed by atoms with van der Waals surface area (Å²) < 4.78 is 25.3. The molecule has 0 aromatic carbocycles. The lowest BCUT2D eigenvalue weighted by Crippen LogP contribution is -2.42. The lowest BCUT2D eigenvalue weighted by Gasteiger charge is -2.25. The van der Waals surface area contributed by atoms with Gasteiger partial charge in [0.05, 0.1) is 5.25 Å². The smallest absolute Gasteiger partial charge is 0.217 e. The SMILES string of the molecule is CCN(CC(C)C)S(=O)(=O)C(C)CN. The maximum absolute atomic E-state index is 11.9. The number of hydrogen-bond acceptors (Lipinski definition) is 3. The summed E-state index contributed by atoms with van der Waals surface area (Å²) in [4.78, 5) is 0. The fraction of sp³-hybridized carbons (Fsp3) is 1.00. The van der Waals surface area contributed by atoms with E-state index in [0.717, 1.165) is 0 Å². The molecule has 0 aromatic rings. The third-order valence-corrected chi connectivity index (χ3v) is 4.46. The van der Waals surface area contributed by atoms with Crippen LogP contribution in [0.2, 0.25) is 0 Å². The van der Waals surface area contributed by atoms with Crippen molar-refractivity contribution >= 4 is 10.0 Å². The molecule has 0 aliphatic rings. The maximum atomic E-state index is 11.9. The largest absolute Gasteiger partial charge is 0.329 e. The molecule has 14 heavy (non-hydrogen) atoms. The van der Waals surface area contributed by atoms with Crippen molar-refractivity contribution < 1.29 is 8.42 Å². The Morgan fingerprint density at radius 1 is 1.29 bits per heavy atom. The first-order valence-corrected chi connectivity index (χ1v) is 6.55. The van der Waals surface area contributed by atoms with Crippen LogP contribution in [0.3, 0.4) is 0 Å². The van der Waals surface area contributed by atoms with Gasteiger partial charge in [-0.05, 0) is 12.8 Å². The first-order valence-electron chi connectivity index (χ1n) is 5.05. The number of hydrogen-bond donors (Lipinski definition) is 1. The molecular formula is C9H22N2O2S. The van der Waals surface area contributed by atoms with Crippen molar-refractivity contribution in [1.29, 1.82) is 0 Å². The van der Waals surface area contributed by atoms with Gasteiger partial charge in [-0.15, -0.1) is 0 Å². The van der Waals surface area contributed by atoms with Crippen molar-refractivity contribution in [1.82, 2.24) is 4.31 Å².